The van der Waals surface area contributed by atoms with Crippen molar-refractivity contribution in [2.24, 2.45) is 0 Å². The summed E-state index contributed by atoms with van der Waals surface area (Å²) < 4.78 is 19.9. The van der Waals surface area contributed by atoms with Crippen LogP contribution in [0.1, 0.15) is 22.9 Å². The minimum atomic E-state index is -1.11. The minimum absolute atomic E-state index is 0.0527. The van der Waals surface area contributed by atoms with E-state index in [9.17, 15) is 19.1 Å². The lowest BCUT2D eigenvalue weighted by Crippen LogP contribution is -2.29. The summed E-state index contributed by atoms with van der Waals surface area (Å²) >= 11 is 5.99. The Morgan fingerprint density at radius 3 is 2.59 bits per heavy atom. The van der Waals surface area contributed by atoms with E-state index >= 15 is 0 Å². The molecule has 1 saturated heterocycles. The second-order valence-electron chi connectivity index (χ2n) is 6.54. The lowest BCUT2D eigenvalue weighted by atomic mass is 9.95. The van der Waals surface area contributed by atoms with Gasteiger partial charge in [-0.25, -0.2) is 4.39 Å². The molecule has 29 heavy (non-hydrogen) atoms. The number of aliphatic hydroxyl groups excluding tert-OH is 1. The number of benzene rings is 2. The lowest BCUT2D eigenvalue weighted by molar-refractivity contribution is -0.140. The third-order valence-electron chi connectivity index (χ3n) is 4.74. The van der Waals surface area contributed by atoms with Crippen LogP contribution in [0.3, 0.4) is 0 Å². The summed E-state index contributed by atoms with van der Waals surface area (Å²) in [6, 6.07) is 14.3. The number of ketones is 1. The standard InChI is InChI=1S/C22H15ClFNO4/c23-14-6-3-5-13(11-14)20(26)18-19(16-8-1-2-9-17(16)24)25(22(28)21(18)27)12-15-7-4-10-29-15/h1-11,19,26H,12H2/b20-18-. The summed E-state index contributed by atoms with van der Waals surface area (Å²) in [6.45, 7) is -0.0527. The molecular weight excluding hydrogens is 397 g/mol. The molecule has 0 radical (unpaired) electrons. The van der Waals surface area contributed by atoms with E-state index in [1.165, 1.54) is 35.4 Å². The molecule has 1 unspecified atom stereocenters. The third kappa shape index (κ3) is 3.43. The molecule has 3 aromatic rings. The van der Waals surface area contributed by atoms with Crippen LogP contribution in [0.15, 0.2) is 76.9 Å². The monoisotopic (exact) mass is 411 g/mol. The van der Waals surface area contributed by atoms with E-state index in [4.69, 9.17) is 16.0 Å². The quantitative estimate of drug-likeness (QED) is 0.384. The van der Waals surface area contributed by atoms with Gasteiger partial charge >= 0.3 is 0 Å². The van der Waals surface area contributed by atoms with Crippen molar-refractivity contribution in [2.45, 2.75) is 12.6 Å². The summed E-state index contributed by atoms with van der Waals surface area (Å²) in [5.74, 6) is -2.33. The van der Waals surface area contributed by atoms with Crippen molar-refractivity contribution in [3.63, 3.8) is 0 Å². The zero-order valence-electron chi connectivity index (χ0n) is 15.0. The molecule has 5 nitrogen and oxygen atoms in total. The lowest BCUT2D eigenvalue weighted by Gasteiger charge is -2.24. The predicted octanol–water partition coefficient (Wildman–Crippen LogP) is 4.69. The van der Waals surface area contributed by atoms with Crippen molar-refractivity contribution >= 4 is 29.1 Å². The number of carbonyl (C=O) groups is 2. The first kappa shape index (κ1) is 19.0. The molecule has 0 spiro atoms. The maximum Gasteiger partial charge on any atom is 0.296 e. The second-order valence-corrected chi connectivity index (χ2v) is 6.97. The van der Waals surface area contributed by atoms with Gasteiger partial charge in [0, 0.05) is 16.1 Å². The van der Waals surface area contributed by atoms with E-state index in [0.29, 0.717) is 10.8 Å². The molecule has 1 fully saturated rings. The van der Waals surface area contributed by atoms with Gasteiger partial charge in [0.25, 0.3) is 11.7 Å². The summed E-state index contributed by atoms with van der Waals surface area (Å²) in [4.78, 5) is 26.8. The molecular formula is C22H15ClFNO4. The average Bonchev–Trinajstić information content (AvgIpc) is 3.30. The Kier molecular flexibility index (Phi) is 4.94. The van der Waals surface area contributed by atoms with Gasteiger partial charge in [0.15, 0.2) is 0 Å². The number of rotatable bonds is 4. The van der Waals surface area contributed by atoms with Gasteiger partial charge in [-0.15, -0.1) is 0 Å². The number of aliphatic hydroxyl groups is 1. The van der Waals surface area contributed by atoms with Crippen LogP contribution in [-0.4, -0.2) is 21.7 Å². The molecule has 0 bridgehead atoms. The van der Waals surface area contributed by atoms with E-state index in [1.807, 2.05) is 0 Å². The average molecular weight is 412 g/mol. The van der Waals surface area contributed by atoms with Crippen molar-refractivity contribution in [2.75, 3.05) is 0 Å². The number of nitrogens with zero attached hydrogens (tertiary/aromatic N) is 1. The van der Waals surface area contributed by atoms with E-state index in [2.05, 4.69) is 0 Å². The molecule has 1 aliphatic rings. The molecule has 0 aliphatic carbocycles. The first-order chi connectivity index (χ1) is 14.0. The van der Waals surface area contributed by atoms with Crippen molar-refractivity contribution in [1.82, 2.24) is 4.90 Å². The van der Waals surface area contributed by atoms with Crippen molar-refractivity contribution in [1.29, 1.82) is 0 Å². The predicted molar refractivity (Wildman–Crippen MR) is 104 cm³/mol. The van der Waals surface area contributed by atoms with Gasteiger partial charge < -0.3 is 14.4 Å². The Morgan fingerprint density at radius 2 is 1.90 bits per heavy atom. The molecule has 1 atom stereocenters. The number of amides is 1. The van der Waals surface area contributed by atoms with Crippen LogP contribution in [0.2, 0.25) is 5.02 Å². The maximum absolute atomic E-state index is 14.7. The van der Waals surface area contributed by atoms with Crippen LogP contribution in [0.5, 0.6) is 0 Å². The number of carbonyl (C=O) groups excluding carboxylic acids is 2. The van der Waals surface area contributed by atoms with Crippen molar-refractivity contribution in [3.8, 4) is 0 Å². The molecule has 1 amide bonds. The van der Waals surface area contributed by atoms with Crippen molar-refractivity contribution in [3.05, 3.63) is 100 Å². The molecule has 1 aromatic heterocycles. The zero-order valence-corrected chi connectivity index (χ0v) is 15.8. The van der Waals surface area contributed by atoms with E-state index in [1.54, 1.807) is 36.4 Å². The van der Waals surface area contributed by atoms with Gasteiger partial charge in [0.1, 0.15) is 17.3 Å². The fourth-order valence-corrected chi connectivity index (χ4v) is 3.62. The molecule has 4 rings (SSSR count). The van der Waals surface area contributed by atoms with Crippen LogP contribution in [0.25, 0.3) is 5.76 Å². The number of hydrogen-bond acceptors (Lipinski definition) is 4. The summed E-state index contributed by atoms with van der Waals surface area (Å²) in [5.41, 5.74) is 0.158. The molecule has 2 heterocycles. The van der Waals surface area contributed by atoms with Crippen LogP contribution < -0.4 is 0 Å². The molecule has 1 N–H and O–H groups in total. The van der Waals surface area contributed by atoms with Gasteiger partial charge in [-0.3, -0.25) is 9.59 Å². The van der Waals surface area contributed by atoms with Gasteiger partial charge in [-0.2, -0.15) is 0 Å². The topological polar surface area (TPSA) is 70.8 Å². The van der Waals surface area contributed by atoms with Gasteiger partial charge in [-0.1, -0.05) is 41.9 Å². The molecule has 1 aliphatic heterocycles. The molecule has 0 saturated carbocycles. The van der Waals surface area contributed by atoms with E-state index in [-0.39, 0.29) is 23.2 Å². The molecule has 2 aromatic carbocycles. The fourth-order valence-electron chi connectivity index (χ4n) is 3.42. The highest BCUT2D eigenvalue weighted by molar-refractivity contribution is 6.46. The Bertz CT molecular complexity index is 1120. The summed E-state index contributed by atoms with van der Waals surface area (Å²) in [5, 5.41) is 11.2. The Labute approximate surface area is 170 Å². The normalized spacial score (nSPS) is 18.4. The maximum atomic E-state index is 14.7. The Hall–Kier alpha value is -3.38. The Balaban J connectivity index is 1.90. The van der Waals surface area contributed by atoms with Gasteiger partial charge in [0.05, 0.1) is 24.4 Å². The number of hydrogen-bond donors (Lipinski definition) is 1. The molecule has 7 heteroatoms. The minimum Gasteiger partial charge on any atom is -0.507 e. The van der Waals surface area contributed by atoms with E-state index in [0.717, 1.165) is 0 Å². The van der Waals surface area contributed by atoms with Crippen LogP contribution >= 0.6 is 11.6 Å². The first-order valence-electron chi connectivity index (χ1n) is 8.78. The summed E-state index contributed by atoms with van der Waals surface area (Å²) in [7, 11) is 0. The first-order valence-corrected chi connectivity index (χ1v) is 9.16. The summed E-state index contributed by atoms with van der Waals surface area (Å²) in [6.07, 6.45) is 1.44. The highest BCUT2D eigenvalue weighted by atomic mass is 35.5. The number of furan rings is 1. The number of halogens is 2. The van der Waals surface area contributed by atoms with Crippen molar-refractivity contribution < 1.29 is 23.5 Å². The second kappa shape index (κ2) is 7.56. The highest BCUT2D eigenvalue weighted by Crippen LogP contribution is 2.41. The smallest absolute Gasteiger partial charge is 0.296 e. The molecule has 146 valence electrons. The number of likely N-dealkylation sites (tertiary alicyclic amines) is 1. The van der Waals surface area contributed by atoms with Gasteiger partial charge in [0.2, 0.25) is 0 Å². The van der Waals surface area contributed by atoms with Crippen LogP contribution in [-0.2, 0) is 16.1 Å². The Morgan fingerprint density at radius 1 is 1.10 bits per heavy atom. The zero-order chi connectivity index (χ0) is 20.5. The van der Waals surface area contributed by atoms with E-state index < -0.39 is 29.3 Å². The van der Waals surface area contributed by atoms with Gasteiger partial charge in [-0.05, 0) is 30.3 Å². The highest BCUT2D eigenvalue weighted by Gasteiger charge is 2.47. The largest absolute Gasteiger partial charge is 0.507 e. The fraction of sp³-hybridized carbons (Fsp3) is 0.0909. The third-order valence-corrected chi connectivity index (χ3v) is 4.98. The van der Waals surface area contributed by atoms with Crippen LogP contribution in [0.4, 0.5) is 4.39 Å². The number of Topliss-reactive ketones (excluding diaryl/α,β-unsaturated/α-hetero) is 1. The van der Waals surface area contributed by atoms with Crippen LogP contribution in [0, 0.1) is 5.82 Å². The SMILES string of the molecule is O=C1C(=O)N(Cc2ccco2)C(c2ccccc2F)/C1=C(/O)c1cccc(Cl)c1.